The van der Waals surface area contributed by atoms with Gasteiger partial charge in [0.25, 0.3) is 5.91 Å². The van der Waals surface area contributed by atoms with Gasteiger partial charge in [-0.2, -0.15) is 0 Å². The first-order chi connectivity index (χ1) is 11.5. The summed E-state index contributed by atoms with van der Waals surface area (Å²) in [7, 11) is -1.77. The molecule has 1 amide bonds. The van der Waals surface area contributed by atoms with Crippen LogP contribution in [0.15, 0.2) is 18.3 Å². The molecule has 1 unspecified atom stereocenters. The minimum Gasteiger partial charge on any atom is -0.411 e. The molecule has 0 bridgehead atoms. The van der Waals surface area contributed by atoms with E-state index in [1.165, 1.54) is 6.20 Å². The Bertz CT molecular complexity index is 598. The smallest absolute Gasteiger partial charge is 0.255 e. The molecule has 1 aromatic heterocycles. The molecule has 6 nitrogen and oxygen atoms in total. The van der Waals surface area contributed by atoms with E-state index < -0.39 is 20.3 Å². The van der Waals surface area contributed by atoms with Crippen LogP contribution < -0.4 is 5.32 Å². The van der Waals surface area contributed by atoms with Gasteiger partial charge in [0.15, 0.2) is 8.32 Å². The van der Waals surface area contributed by atoms with Crippen molar-refractivity contribution < 1.29 is 14.3 Å². The Balaban J connectivity index is 1.75. The van der Waals surface area contributed by atoms with Crippen LogP contribution in [-0.4, -0.2) is 61.1 Å². The fourth-order valence-electron chi connectivity index (χ4n) is 2.33. The van der Waals surface area contributed by atoms with Crippen molar-refractivity contribution in [2.24, 2.45) is 0 Å². The number of amides is 1. The topological polar surface area (TPSA) is 74.7 Å². The largest absolute Gasteiger partial charge is 0.411 e. The van der Waals surface area contributed by atoms with E-state index in [-0.39, 0.29) is 17.7 Å². The maximum absolute atomic E-state index is 12.0. The van der Waals surface area contributed by atoms with E-state index in [9.17, 15) is 9.90 Å². The third-order valence-electron chi connectivity index (χ3n) is 4.90. The van der Waals surface area contributed by atoms with Crippen molar-refractivity contribution in [1.82, 2.24) is 9.88 Å². The Hall–Kier alpha value is -0.993. The van der Waals surface area contributed by atoms with Crippen LogP contribution in [0.1, 0.15) is 20.8 Å². The SMILES string of the molecule is CC(C)(C)[Si](C)(C)OC1CN(CC(O)C(=O)Nc2ccc(Cl)cn2)C1. The van der Waals surface area contributed by atoms with Crippen LogP contribution in [0.2, 0.25) is 23.2 Å². The Morgan fingerprint density at radius 3 is 2.64 bits per heavy atom. The standard InChI is InChI=1S/C17H28ClN3O3Si/c1-17(2,3)25(4,5)24-13-9-21(10-13)11-14(22)16(23)20-15-7-6-12(18)8-19-15/h6-8,13-14,22H,9-11H2,1-5H3,(H,19,20,23). The van der Waals surface area contributed by atoms with Gasteiger partial charge in [-0.25, -0.2) is 4.98 Å². The van der Waals surface area contributed by atoms with Crippen molar-refractivity contribution in [2.45, 2.75) is 51.1 Å². The quantitative estimate of drug-likeness (QED) is 0.736. The predicted molar refractivity (Wildman–Crippen MR) is 102 cm³/mol. The van der Waals surface area contributed by atoms with Crippen molar-refractivity contribution in [1.29, 1.82) is 0 Å². The highest BCUT2D eigenvalue weighted by atomic mass is 35.5. The number of nitrogens with zero attached hydrogens (tertiary/aromatic N) is 2. The lowest BCUT2D eigenvalue weighted by molar-refractivity contribution is -0.126. The number of hydrogen-bond donors (Lipinski definition) is 2. The highest BCUT2D eigenvalue weighted by Crippen LogP contribution is 2.38. The molecular weight excluding hydrogens is 358 g/mol. The third-order valence-corrected chi connectivity index (χ3v) is 9.66. The molecule has 1 aromatic rings. The second-order valence-electron chi connectivity index (χ2n) is 8.09. The summed E-state index contributed by atoms with van der Waals surface area (Å²) in [5.74, 6) is -0.0974. The highest BCUT2D eigenvalue weighted by Gasteiger charge is 2.42. The number of β-amino-alcohol motifs (C(OH)–C–C–N with tert-alkyl or cyclic N) is 1. The van der Waals surface area contributed by atoms with Crippen LogP contribution in [0.4, 0.5) is 5.82 Å². The molecule has 2 N–H and O–H groups in total. The maximum Gasteiger partial charge on any atom is 0.255 e. The predicted octanol–water partition coefficient (Wildman–Crippen LogP) is 2.74. The van der Waals surface area contributed by atoms with Gasteiger partial charge in [-0.1, -0.05) is 32.4 Å². The number of hydrogen-bond acceptors (Lipinski definition) is 5. The summed E-state index contributed by atoms with van der Waals surface area (Å²) < 4.78 is 6.31. The average Bonchev–Trinajstić information content (AvgIpc) is 2.45. The average molecular weight is 386 g/mol. The molecule has 140 valence electrons. The van der Waals surface area contributed by atoms with Crippen LogP contribution in [-0.2, 0) is 9.22 Å². The number of aliphatic hydroxyl groups is 1. The molecular formula is C17H28ClN3O3Si. The van der Waals surface area contributed by atoms with E-state index in [1.807, 2.05) is 4.90 Å². The van der Waals surface area contributed by atoms with Crippen LogP contribution in [0.25, 0.3) is 0 Å². The second-order valence-corrected chi connectivity index (χ2v) is 13.3. The first-order valence-electron chi connectivity index (χ1n) is 8.48. The molecule has 25 heavy (non-hydrogen) atoms. The van der Waals surface area contributed by atoms with Gasteiger partial charge in [0, 0.05) is 25.8 Å². The number of likely N-dealkylation sites (tertiary alicyclic amines) is 1. The van der Waals surface area contributed by atoms with E-state index in [1.54, 1.807) is 12.1 Å². The van der Waals surface area contributed by atoms with Crippen molar-refractivity contribution in [3.63, 3.8) is 0 Å². The van der Waals surface area contributed by atoms with Crippen LogP contribution in [0.5, 0.6) is 0 Å². The van der Waals surface area contributed by atoms with Crippen molar-refractivity contribution in [3.05, 3.63) is 23.4 Å². The summed E-state index contributed by atoms with van der Waals surface area (Å²) in [6.07, 6.45) is 0.530. The Labute approximate surface area is 155 Å². The summed E-state index contributed by atoms with van der Waals surface area (Å²) in [6, 6.07) is 3.23. The number of aliphatic hydroxyl groups excluding tert-OH is 1. The van der Waals surface area contributed by atoms with Gasteiger partial charge in [-0.05, 0) is 30.3 Å². The first-order valence-corrected chi connectivity index (χ1v) is 11.8. The molecule has 0 radical (unpaired) electrons. The molecule has 0 aliphatic carbocycles. The fraction of sp³-hybridized carbons (Fsp3) is 0.647. The number of aromatic nitrogens is 1. The summed E-state index contributed by atoms with van der Waals surface area (Å²) in [6.45, 7) is 12.9. The summed E-state index contributed by atoms with van der Waals surface area (Å²) in [5.41, 5.74) is 0. The number of halogens is 1. The van der Waals surface area contributed by atoms with Gasteiger partial charge >= 0.3 is 0 Å². The molecule has 2 heterocycles. The molecule has 2 rings (SSSR count). The molecule has 0 saturated carbocycles. The van der Waals surface area contributed by atoms with Gasteiger partial charge < -0.3 is 14.8 Å². The molecule has 0 aromatic carbocycles. The van der Waals surface area contributed by atoms with Crippen molar-refractivity contribution in [2.75, 3.05) is 25.0 Å². The fourth-order valence-corrected chi connectivity index (χ4v) is 3.77. The van der Waals surface area contributed by atoms with Crippen LogP contribution in [0, 0.1) is 0 Å². The van der Waals surface area contributed by atoms with E-state index in [4.69, 9.17) is 16.0 Å². The zero-order valence-electron chi connectivity index (χ0n) is 15.5. The Morgan fingerprint density at radius 1 is 1.48 bits per heavy atom. The third kappa shape index (κ3) is 5.49. The minimum atomic E-state index is -1.77. The number of carbonyl (C=O) groups excluding carboxylic acids is 1. The molecule has 8 heteroatoms. The van der Waals surface area contributed by atoms with E-state index >= 15 is 0 Å². The molecule has 1 aliphatic rings. The van der Waals surface area contributed by atoms with Gasteiger partial charge in [-0.3, -0.25) is 9.69 Å². The van der Waals surface area contributed by atoms with E-state index in [0.717, 1.165) is 13.1 Å². The monoisotopic (exact) mass is 385 g/mol. The van der Waals surface area contributed by atoms with Crippen LogP contribution in [0.3, 0.4) is 0 Å². The molecule has 1 saturated heterocycles. The molecule has 0 spiro atoms. The zero-order valence-corrected chi connectivity index (χ0v) is 17.3. The maximum atomic E-state index is 12.0. The Kier molecular flexibility index (Phi) is 6.27. The van der Waals surface area contributed by atoms with Crippen LogP contribution >= 0.6 is 11.6 Å². The number of carbonyl (C=O) groups is 1. The Morgan fingerprint density at radius 2 is 2.12 bits per heavy atom. The van der Waals surface area contributed by atoms with E-state index in [2.05, 4.69) is 44.2 Å². The molecule has 1 fully saturated rings. The second kappa shape index (κ2) is 7.71. The summed E-state index contributed by atoms with van der Waals surface area (Å²) in [5, 5.41) is 13.3. The lowest BCUT2D eigenvalue weighted by Gasteiger charge is -2.46. The van der Waals surface area contributed by atoms with Gasteiger partial charge in [0.2, 0.25) is 0 Å². The lowest BCUT2D eigenvalue weighted by atomic mass is 10.1. The highest BCUT2D eigenvalue weighted by molar-refractivity contribution is 6.74. The summed E-state index contributed by atoms with van der Waals surface area (Å²) in [4.78, 5) is 18.0. The molecule has 1 aliphatic heterocycles. The minimum absolute atomic E-state index is 0.179. The van der Waals surface area contributed by atoms with Gasteiger partial charge in [-0.15, -0.1) is 0 Å². The van der Waals surface area contributed by atoms with Gasteiger partial charge in [0.05, 0.1) is 11.1 Å². The first kappa shape index (κ1) is 20.3. The normalized spacial score (nSPS) is 17.9. The number of anilines is 1. The molecule has 1 atom stereocenters. The number of nitrogens with one attached hydrogen (secondary N) is 1. The number of rotatable bonds is 6. The van der Waals surface area contributed by atoms with Crippen molar-refractivity contribution in [3.8, 4) is 0 Å². The van der Waals surface area contributed by atoms with E-state index in [0.29, 0.717) is 10.8 Å². The lowest BCUT2D eigenvalue weighted by Crippen LogP contribution is -2.59. The van der Waals surface area contributed by atoms with Crippen molar-refractivity contribution >= 4 is 31.6 Å². The zero-order chi connectivity index (χ0) is 18.8. The van der Waals surface area contributed by atoms with Gasteiger partial charge in [0.1, 0.15) is 11.9 Å². The number of pyridine rings is 1. The summed E-state index contributed by atoms with van der Waals surface area (Å²) >= 11 is 5.75.